The molecule has 0 saturated carbocycles. The lowest BCUT2D eigenvalue weighted by Crippen LogP contribution is -2.29. The van der Waals surface area contributed by atoms with Crippen molar-refractivity contribution in [3.63, 3.8) is 0 Å². The van der Waals surface area contributed by atoms with Crippen molar-refractivity contribution in [1.82, 2.24) is 19.1 Å². The van der Waals surface area contributed by atoms with Crippen LogP contribution in [0.2, 0.25) is 0 Å². The molecule has 3 aromatic rings. The van der Waals surface area contributed by atoms with Gasteiger partial charge in [-0.25, -0.2) is 10.2 Å². The lowest BCUT2D eigenvalue weighted by Gasteiger charge is -2.11. The Hall–Kier alpha value is -3.36. The standard InChI is InChI=1S/C19H24N6O3/c1-11(2)10-25-15-16(24(4)19(27)21-17(15)26)20-18(25)23-22-12(3)13-6-8-14(28-5)9-7-13/h6-9,11H,10H2,1-5H3,(H,20,23)(H,21,26,27)/b22-12-. The van der Waals surface area contributed by atoms with Crippen LogP contribution in [0.25, 0.3) is 11.2 Å². The highest BCUT2D eigenvalue weighted by Gasteiger charge is 2.18. The minimum atomic E-state index is -0.504. The van der Waals surface area contributed by atoms with E-state index in [1.54, 1.807) is 18.7 Å². The summed E-state index contributed by atoms with van der Waals surface area (Å²) in [6, 6.07) is 7.53. The van der Waals surface area contributed by atoms with E-state index in [-0.39, 0.29) is 5.92 Å². The molecule has 148 valence electrons. The summed E-state index contributed by atoms with van der Waals surface area (Å²) >= 11 is 0. The number of ether oxygens (including phenoxy) is 1. The highest BCUT2D eigenvalue weighted by atomic mass is 16.5. The number of nitrogens with zero attached hydrogens (tertiary/aromatic N) is 4. The molecular weight excluding hydrogens is 360 g/mol. The zero-order valence-corrected chi connectivity index (χ0v) is 16.6. The molecule has 0 spiro atoms. The first-order valence-corrected chi connectivity index (χ1v) is 8.96. The maximum atomic E-state index is 12.4. The molecule has 0 aliphatic heterocycles. The Bertz CT molecular complexity index is 1140. The number of aryl methyl sites for hydroxylation is 1. The lowest BCUT2D eigenvalue weighted by atomic mass is 10.1. The Morgan fingerprint density at radius 1 is 1.29 bits per heavy atom. The molecule has 0 aliphatic rings. The van der Waals surface area contributed by atoms with Crippen molar-refractivity contribution in [2.24, 2.45) is 18.1 Å². The number of benzene rings is 1. The fraction of sp³-hybridized carbons (Fsp3) is 0.368. The number of rotatable bonds is 6. The Balaban J connectivity index is 2.04. The monoisotopic (exact) mass is 384 g/mol. The third-order valence-corrected chi connectivity index (χ3v) is 4.39. The van der Waals surface area contributed by atoms with Crippen LogP contribution in [-0.2, 0) is 13.6 Å². The second-order valence-corrected chi connectivity index (χ2v) is 6.97. The number of fused-ring (bicyclic) bond motifs is 1. The summed E-state index contributed by atoms with van der Waals surface area (Å²) in [5.41, 5.74) is 4.31. The topological polar surface area (TPSA) is 106 Å². The number of hydrogen-bond donors (Lipinski definition) is 2. The van der Waals surface area contributed by atoms with Gasteiger partial charge in [-0.2, -0.15) is 10.1 Å². The zero-order chi connectivity index (χ0) is 20.4. The van der Waals surface area contributed by atoms with Crippen LogP contribution in [0.3, 0.4) is 0 Å². The number of hydrogen-bond acceptors (Lipinski definition) is 6. The van der Waals surface area contributed by atoms with Crippen LogP contribution >= 0.6 is 0 Å². The Morgan fingerprint density at radius 3 is 2.57 bits per heavy atom. The van der Waals surface area contributed by atoms with E-state index in [1.807, 2.05) is 45.0 Å². The first kappa shape index (κ1) is 19.4. The van der Waals surface area contributed by atoms with Crippen LogP contribution in [0.5, 0.6) is 5.75 Å². The van der Waals surface area contributed by atoms with Crippen molar-refractivity contribution < 1.29 is 4.74 Å². The molecule has 2 heterocycles. The van der Waals surface area contributed by atoms with Crippen LogP contribution in [0, 0.1) is 5.92 Å². The lowest BCUT2D eigenvalue weighted by molar-refractivity contribution is 0.415. The number of H-pyrrole nitrogens is 1. The number of hydrazone groups is 1. The summed E-state index contributed by atoms with van der Waals surface area (Å²) in [6.07, 6.45) is 0. The molecule has 9 nitrogen and oxygen atoms in total. The quantitative estimate of drug-likeness (QED) is 0.499. The normalized spacial score (nSPS) is 12.0. The summed E-state index contributed by atoms with van der Waals surface area (Å²) < 4.78 is 8.24. The number of methoxy groups -OCH3 is 1. The Morgan fingerprint density at radius 2 is 1.96 bits per heavy atom. The molecule has 28 heavy (non-hydrogen) atoms. The average Bonchev–Trinajstić information content (AvgIpc) is 3.02. The maximum absolute atomic E-state index is 12.4. The van der Waals surface area contributed by atoms with E-state index in [0.29, 0.717) is 23.7 Å². The van der Waals surface area contributed by atoms with Crippen LogP contribution in [-0.4, -0.2) is 31.9 Å². The van der Waals surface area contributed by atoms with Gasteiger partial charge in [0.15, 0.2) is 11.2 Å². The van der Waals surface area contributed by atoms with Gasteiger partial charge in [0, 0.05) is 13.6 Å². The molecule has 0 aliphatic carbocycles. The molecule has 9 heteroatoms. The van der Waals surface area contributed by atoms with Gasteiger partial charge in [-0.05, 0) is 42.7 Å². The van der Waals surface area contributed by atoms with E-state index in [9.17, 15) is 9.59 Å². The number of aromatic nitrogens is 4. The SMILES string of the molecule is COc1ccc(/C(C)=N\Nc2nc3c(c(=O)[nH]c(=O)n3C)n2CC(C)C)cc1. The predicted octanol–water partition coefficient (Wildman–Crippen LogP) is 1.92. The number of anilines is 1. The highest BCUT2D eigenvalue weighted by Crippen LogP contribution is 2.18. The third-order valence-electron chi connectivity index (χ3n) is 4.39. The van der Waals surface area contributed by atoms with Crippen molar-refractivity contribution >= 4 is 22.8 Å². The summed E-state index contributed by atoms with van der Waals surface area (Å²) in [4.78, 5) is 31.1. The molecule has 3 rings (SSSR count). The van der Waals surface area contributed by atoms with Crippen LogP contribution in [0.1, 0.15) is 26.3 Å². The van der Waals surface area contributed by atoms with Crippen LogP contribution in [0.15, 0.2) is 39.0 Å². The second kappa shape index (κ2) is 7.71. The average molecular weight is 384 g/mol. The molecule has 0 saturated heterocycles. The number of imidazole rings is 1. The van der Waals surface area contributed by atoms with Gasteiger partial charge in [-0.1, -0.05) is 13.8 Å². The second-order valence-electron chi connectivity index (χ2n) is 6.97. The number of aromatic amines is 1. The van der Waals surface area contributed by atoms with Gasteiger partial charge in [-0.3, -0.25) is 14.3 Å². The molecule has 0 amide bonds. The maximum Gasteiger partial charge on any atom is 0.329 e. The van der Waals surface area contributed by atoms with E-state index in [1.165, 1.54) is 4.57 Å². The zero-order valence-electron chi connectivity index (χ0n) is 16.6. The first-order valence-electron chi connectivity index (χ1n) is 8.96. The van der Waals surface area contributed by atoms with E-state index >= 15 is 0 Å². The smallest absolute Gasteiger partial charge is 0.329 e. The van der Waals surface area contributed by atoms with E-state index < -0.39 is 11.2 Å². The fourth-order valence-electron chi connectivity index (χ4n) is 2.89. The highest BCUT2D eigenvalue weighted by molar-refractivity contribution is 5.99. The predicted molar refractivity (Wildman–Crippen MR) is 109 cm³/mol. The summed E-state index contributed by atoms with van der Waals surface area (Å²) in [6.45, 7) is 6.50. The van der Waals surface area contributed by atoms with E-state index in [0.717, 1.165) is 17.0 Å². The molecule has 2 N–H and O–H groups in total. The van der Waals surface area contributed by atoms with Crippen molar-refractivity contribution in [3.8, 4) is 5.75 Å². The van der Waals surface area contributed by atoms with Gasteiger partial charge in [0.25, 0.3) is 5.56 Å². The molecule has 0 fully saturated rings. The summed E-state index contributed by atoms with van der Waals surface area (Å²) in [5.74, 6) is 1.44. The van der Waals surface area contributed by atoms with Gasteiger partial charge in [0.2, 0.25) is 5.95 Å². The van der Waals surface area contributed by atoms with Gasteiger partial charge in [-0.15, -0.1) is 0 Å². The molecule has 2 aromatic heterocycles. The largest absolute Gasteiger partial charge is 0.497 e. The third kappa shape index (κ3) is 3.68. The van der Waals surface area contributed by atoms with Crippen LogP contribution < -0.4 is 21.4 Å². The van der Waals surface area contributed by atoms with E-state index in [4.69, 9.17) is 4.74 Å². The summed E-state index contributed by atoms with van der Waals surface area (Å²) in [7, 11) is 3.19. The molecule has 1 aromatic carbocycles. The van der Waals surface area contributed by atoms with Crippen molar-refractivity contribution in [2.45, 2.75) is 27.3 Å². The Kier molecular flexibility index (Phi) is 5.34. The molecule has 0 unspecified atom stereocenters. The van der Waals surface area contributed by atoms with E-state index in [2.05, 4.69) is 20.5 Å². The molecule has 0 bridgehead atoms. The molecule has 0 atom stereocenters. The first-order chi connectivity index (χ1) is 13.3. The van der Waals surface area contributed by atoms with Gasteiger partial charge < -0.3 is 9.30 Å². The number of nitrogens with one attached hydrogen (secondary N) is 2. The van der Waals surface area contributed by atoms with Gasteiger partial charge in [0.05, 0.1) is 12.8 Å². The van der Waals surface area contributed by atoms with Crippen LogP contribution in [0.4, 0.5) is 5.95 Å². The van der Waals surface area contributed by atoms with Gasteiger partial charge >= 0.3 is 5.69 Å². The molecular formula is C19H24N6O3. The van der Waals surface area contributed by atoms with Crippen molar-refractivity contribution in [3.05, 3.63) is 50.7 Å². The minimum Gasteiger partial charge on any atom is -0.497 e. The van der Waals surface area contributed by atoms with Gasteiger partial charge in [0.1, 0.15) is 5.75 Å². The van der Waals surface area contributed by atoms with Crippen molar-refractivity contribution in [1.29, 1.82) is 0 Å². The summed E-state index contributed by atoms with van der Waals surface area (Å²) in [5, 5.41) is 4.41. The molecule has 0 radical (unpaired) electrons. The minimum absolute atomic E-state index is 0.265. The Labute approximate surface area is 161 Å². The van der Waals surface area contributed by atoms with Crippen molar-refractivity contribution in [2.75, 3.05) is 12.5 Å². The fourth-order valence-corrected chi connectivity index (χ4v) is 2.89.